The van der Waals surface area contributed by atoms with Crippen LogP contribution in [0.5, 0.6) is 0 Å². The third kappa shape index (κ3) is 11.6. The molecule has 4 atom stereocenters. The van der Waals surface area contributed by atoms with Crippen molar-refractivity contribution in [3.8, 4) is 118 Å². The molecule has 2 aliphatic carbocycles. The number of hydrogen-bond donors (Lipinski definition) is 0. The monoisotopic (exact) mass is 1510 g/mol. The Morgan fingerprint density at radius 3 is 1.15 bits per heavy atom. The van der Waals surface area contributed by atoms with Crippen LogP contribution in [0.1, 0.15) is 22.6 Å². The molecule has 0 amide bonds. The predicted octanol–water partition coefficient (Wildman–Crippen LogP) is 26.1. The summed E-state index contributed by atoms with van der Waals surface area (Å²) in [5.74, 6) is 3.64. The van der Waals surface area contributed by atoms with E-state index in [2.05, 4.69) is 402 Å². The zero-order chi connectivity index (χ0) is 77.7. The molecule has 0 radical (unpaired) electrons. The van der Waals surface area contributed by atoms with Gasteiger partial charge >= 0.3 is 0 Å². The Kier molecular flexibility index (Phi) is 16.3. The van der Waals surface area contributed by atoms with Gasteiger partial charge in [0.2, 0.25) is 11.9 Å². The van der Waals surface area contributed by atoms with Crippen molar-refractivity contribution in [2.24, 2.45) is 0 Å². The van der Waals surface area contributed by atoms with Gasteiger partial charge in [-0.15, -0.1) is 0 Å². The summed E-state index contributed by atoms with van der Waals surface area (Å²) in [4.78, 5) is 40.0. The highest BCUT2D eigenvalue weighted by molar-refractivity contribution is 6.15. The number of hydrogen-bond acceptors (Lipinski definition) is 9. The molecule has 15 aromatic carbocycles. The molecule has 4 unspecified atom stereocenters. The number of aromatic nitrogens is 7. The molecule has 118 heavy (non-hydrogen) atoms. The smallest absolute Gasteiger partial charge is 0.234 e. The van der Waals surface area contributed by atoms with Gasteiger partial charge in [-0.1, -0.05) is 346 Å². The molecule has 10 nitrogen and oxygen atoms in total. The maximum Gasteiger partial charge on any atom is 0.234 e. The average Bonchev–Trinajstić information content (AvgIpc) is 1.55. The van der Waals surface area contributed by atoms with E-state index >= 15 is 0 Å². The van der Waals surface area contributed by atoms with E-state index < -0.39 is 0 Å². The molecule has 23 rings (SSSR count). The molecule has 0 spiro atoms. The number of fused-ring (bicyclic) bond motifs is 14. The van der Waals surface area contributed by atoms with Crippen molar-refractivity contribution >= 4 is 67.6 Å². The summed E-state index contributed by atoms with van der Waals surface area (Å²) < 4.78 is 2.45. The first-order chi connectivity index (χ1) is 58.5. The van der Waals surface area contributed by atoms with E-state index in [0.29, 0.717) is 35.2 Å². The summed E-state index contributed by atoms with van der Waals surface area (Å²) >= 11 is 0. The van der Waals surface area contributed by atoms with Crippen molar-refractivity contribution in [2.75, 3.05) is 14.7 Å². The molecule has 3 aromatic heterocycles. The summed E-state index contributed by atoms with van der Waals surface area (Å²) in [6.45, 7) is 0. The number of rotatable bonds is 14. The molecule has 0 saturated heterocycles. The highest BCUT2D eigenvalue weighted by Crippen LogP contribution is 2.58. The SMILES string of the molecule is C1=CC2c3ccc4c5ccccc5n(-c5ccc(-c6cccc(-c7cccc(-c8cccc(-c9nc(-c%10ccccc%10)nc(N%10c%11ccccc%11C%11=CC=C%12c%13ccccc%13N(c%13ccc(-c%14cccc(-c%15ccccc%15)c%14)cc%13)C%12C%11%10)n9)c8)c7)c6)cc5)c4c3N(c3nc(-c4ccccc4)nc(-c4ccc(-c5ccccc5)cc4)n3)C2C=C1. The van der Waals surface area contributed by atoms with E-state index in [1.807, 2.05) is 30.3 Å². The standard InChI is InChI=1S/C108H72N10/c1-5-25-69(26-6-1)71-49-51-76(52-50-71)105-109-103(74-29-9-3-10-30-74)111-107(113-105)117-97-47-19-15-43-89(97)93-63-61-91-87-41-13-17-45-95(87)115(99(91)101(93)117)86-59-55-73(56-60-86)79-35-22-36-80(66-79)81-37-23-38-82(67-81)83-39-24-40-84(68-83)106-110-104(75-31-11-4-12-32-75)112-108(114-106)118-98-48-20-16-44-90(98)94-64-62-92-88-42-14-18-46-96(88)116(100(92)102(94)118)85-57-53-72(54-58-85)78-34-21-33-77(65-78)70-27-7-2-8-28-70/h1-68,89,97,100,102H. The Balaban J connectivity index is 0.574. The lowest BCUT2D eigenvalue weighted by Gasteiger charge is -2.39. The largest absolute Gasteiger partial charge is 0.331 e. The second-order valence-electron chi connectivity index (χ2n) is 30.8. The molecule has 3 aliphatic heterocycles. The van der Waals surface area contributed by atoms with Crippen LogP contribution in [0, 0.1) is 0 Å². The predicted molar refractivity (Wildman–Crippen MR) is 482 cm³/mol. The normalized spacial score (nSPS) is 15.9. The average molecular weight is 1510 g/mol. The summed E-state index contributed by atoms with van der Waals surface area (Å²) in [6, 6.07) is 134. The third-order valence-electron chi connectivity index (χ3n) is 24.1. The minimum absolute atomic E-state index is 0.0505. The van der Waals surface area contributed by atoms with E-state index in [1.165, 1.54) is 50.0 Å². The van der Waals surface area contributed by atoms with Gasteiger partial charge in [0.05, 0.1) is 40.5 Å². The molecule has 0 fully saturated rings. The van der Waals surface area contributed by atoms with Gasteiger partial charge in [-0.05, 0) is 150 Å². The molecule has 554 valence electrons. The maximum absolute atomic E-state index is 5.62. The van der Waals surface area contributed by atoms with Gasteiger partial charge in [0.15, 0.2) is 23.3 Å². The molecule has 0 bridgehead atoms. The second kappa shape index (κ2) is 28.2. The first-order valence-electron chi connectivity index (χ1n) is 40.4. The van der Waals surface area contributed by atoms with Gasteiger partial charge in [-0.25, -0.2) is 9.97 Å². The number of benzene rings is 15. The summed E-state index contributed by atoms with van der Waals surface area (Å²) in [5, 5.41) is 2.33. The zero-order valence-electron chi connectivity index (χ0n) is 64.0. The first-order valence-corrected chi connectivity index (χ1v) is 40.4. The topological polar surface area (TPSA) is 92.0 Å². The lowest BCUT2D eigenvalue weighted by atomic mass is 9.85. The Bertz CT molecular complexity index is 7140. The molecule has 0 saturated carbocycles. The van der Waals surface area contributed by atoms with E-state index in [9.17, 15) is 0 Å². The van der Waals surface area contributed by atoms with Crippen molar-refractivity contribution in [1.82, 2.24) is 34.5 Å². The van der Waals surface area contributed by atoms with Crippen molar-refractivity contribution in [3.63, 3.8) is 0 Å². The van der Waals surface area contributed by atoms with Crippen molar-refractivity contribution in [1.29, 1.82) is 0 Å². The lowest BCUT2D eigenvalue weighted by molar-refractivity contribution is 0.704. The summed E-state index contributed by atoms with van der Waals surface area (Å²) in [6.07, 6.45) is 13.6. The Morgan fingerprint density at radius 1 is 0.246 bits per heavy atom. The number of nitrogens with zero attached hydrogens (tertiary/aromatic N) is 10. The molecule has 5 aliphatic rings. The summed E-state index contributed by atoms with van der Waals surface area (Å²) in [7, 11) is 0. The van der Waals surface area contributed by atoms with E-state index in [4.69, 9.17) is 29.9 Å². The van der Waals surface area contributed by atoms with Gasteiger partial charge in [0, 0.05) is 67.1 Å². The van der Waals surface area contributed by atoms with Crippen LogP contribution in [0.2, 0.25) is 0 Å². The van der Waals surface area contributed by atoms with E-state index in [0.717, 1.165) is 117 Å². The van der Waals surface area contributed by atoms with Crippen LogP contribution in [0.3, 0.4) is 0 Å². The number of anilines is 6. The molecule has 0 N–H and O–H groups in total. The van der Waals surface area contributed by atoms with Crippen molar-refractivity contribution < 1.29 is 0 Å². The fourth-order valence-corrected chi connectivity index (χ4v) is 18.6. The van der Waals surface area contributed by atoms with Gasteiger partial charge in [0.25, 0.3) is 0 Å². The molecule has 10 heteroatoms. The zero-order valence-corrected chi connectivity index (χ0v) is 64.0. The quantitative estimate of drug-likeness (QED) is 0.106. The van der Waals surface area contributed by atoms with Gasteiger partial charge in [-0.2, -0.15) is 19.9 Å². The minimum Gasteiger partial charge on any atom is -0.331 e. The fraction of sp³-hybridized carbons (Fsp3) is 0.0370. The van der Waals surface area contributed by atoms with Crippen molar-refractivity contribution in [3.05, 3.63) is 429 Å². The lowest BCUT2D eigenvalue weighted by Crippen LogP contribution is -2.47. The van der Waals surface area contributed by atoms with Crippen LogP contribution in [0.25, 0.3) is 151 Å². The van der Waals surface area contributed by atoms with Crippen LogP contribution in [-0.2, 0) is 0 Å². The first kappa shape index (κ1) is 68.1. The fourth-order valence-electron chi connectivity index (χ4n) is 18.6. The van der Waals surface area contributed by atoms with Crippen LogP contribution in [0.15, 0.2) is 413 Å². The molecular formula is C108H72N10. The summed E-state index contributed by atoms with van der Waals surface area (Å²) in [5.41, 5.74) is 31.0. The second-order valence-corrected chi connectivity index (χ2v) is 30.8. The highest BCUT2D eigenvalue weighted by Gasteiger charge is 2.51. The van der Waals surface area contributed by atoms with Gasteiger partial charge < -0.3 is 14.4 Å². The van der Waals surface area contributed by atoms with Crippen LogP contribution in [0.4, 0.5) is 34.6 Å². The van der Waals surface area contributed by atoms with Crippen LogP contribution >= 0.6 is 0 Å². The van der Waals surface area contributed by atoms with Crippen LogP contribution < -0.4 is 14.7 Å². The minimum atomic E-state index is -0.213. The van der Waals surface area contributed by atoms with Crippen molar-refractivity contribution in [2.45, 2.75) is 24.0 Å². The van der Waals surface area contributed by atoms with Gasteiger partial charge in [0.1, 0.15) is 0 Å². The number of allylic oxidation sites excluding steroid dienone is 4. The third-order valence-corrected chi connectivity index (χ3v) is 24.1. The maximum atomic E-state index is 5.62. The Hall–Kier alpha value is -15.5. The Morgan fingerprint density at radius 2 is 0.610 bits per heavy atom. The molecular weight excluding hydrogens is 1440 g/mol. The number of para-hydroxylation sites is 3. The Labute approximate surface area is 683 Å². The van der Waals surface area contributed by atoms with Gasteiger partial charge in [-0.3, -0.25) is 4.90 Å². The molecule has 18 aromatic rings. The van der Waals surface area contributed by atoms with E-state index in [-0.39, 0.29) is 24.0 Å². The van der Waals surface area contributed by atoms with E-state index in [1.54, 1.807) is 0 Å². The highest BCUT2D eigenvalue weighted by atomic mass is 15.4. The van der Waals surface area contributed by atoms with Crippen LogP contribution in [-0.4, -0.2) is 52.6 Å². The molecule has 6 heterocycles.